The van der Waals surface area contributed by atoms with Gasteiger partial charge in [-0.25, -0.2) is 9.59 Å². The van der Waals surface area contributed by atoms with E-state index in [9.17, 15) is 24.0 Å². The number of aromatic nitrogens is 1. The Balaban J connectivity index is 1.49. The Hall–Kier alpha value is -4.38. The van der Waals surface area contributed by atoms with Gasteiger partial charge in [0.1, 0.15) is 11.2 Å². The van der Waals surface area contributed by atoms with Gasteiger partial charge in [-0.15, -0.1) is 0 Å². The molecule has 1 aromatic heterocycles. The van der Waals surface area contributed by atoms with Gasteiger partial charge in [0.05, 0.1) is 34.3 Å². The van der Waals surface area contributed by atoms with Crippen LogP contribution in [0, 0.1) is 37.0 Å². The van der Waals surface area contributed by atoms with Gasteiger partial charge in [-0.1, -0.05) is 17.3 Å². The highest BCUT2D eigenvalue weighted by Crippen LogP contribution is 2.58. The van der Waals surface area contributed by atoms with E-state index in [4.69, 9.17) is 14.0 Å². The number of anilines is 1. The van der Waals surface area contributed by atoms with Crippen LogP contribution in [0.1, 0.15) is 104 Å². The fraction of sp³-hybridized carbons (Fsp3) is 0.526. The molecular formula is C38H45N3O8. The number of hydrogen-bond donors (Lipinski definition) is 0. The quantitative estimate of drug-likeness (QED) is 0.258. The van der Waals surface area contributed by atoms with Crippen LogP contribution in [-0.2, 0) is 20.7 Å². The highest BCUT2D eigenvalue weighted by molar-refractivity contribution is 6.25. The molecule has 2 amide bonds. The normalized spacial score (nSPS) is 25.0. The molecule has 1 fully saturated rings. The van der Waals surface area contributed by atoms with E-state index in [1.165, 1.54) is 0 Å². The van der Waals surface area contributed by atoms with E-state index < -0.39 is 40.6 Å². The molecule has 5 unspecified atom stereocenters. The fourth-order valence-electron chi connectivity index (χ4n) is 8.26. The zero-order chi connectivity index (χ0) is 36.1. The van der Waals surface area contributed by atoms with Gasteiger partial charge in [0, 0.05) is 16.9 Å². The van der Waals surface area contributed by atoms with Crippen LogP contribution >= 0.6 is 0 Å². The van der Waals surface area contributed by atoms with E-state index in [1.807, 2.05) is 38.1 Å². The first-order valence-corrected chi connectivity index (χ1v) is 16.7. The van der Waals surface area contributed by atoms with Gasteiger partial charge < -0.3 is 14.0 Å². The molecule has 3 aliphatic rings. The summed E-state index contributed by atoms with van der Waals surface area (Å²) in [6.07, 6.45) is -0.953. The summed E-state index contributed by atoms with van der Waals surface area (Å²) in [5.74, 6) is -2.34. The lowest BCUT2D eigenvalue weighted by Gasteiger charge is -2.52. The molecule has 1 heterocycles. The molecule has 0 radical (unpaired) electrons. The molecule has 6 rings (SSSR count). The average Bonchev–Trinajstić information content (AvgIpc) is 3.34. The van der Waals surface area contributed by atoms with Crippen LogP contribution in [0.2, 0.25) is 0 Å². The number of aryl methyl sites for hydroxylation is 2. The van der Waals surface area contributed by atoms with Gasteiger partial charge in [0.15, 0.2) is 23.1 Å². The number of benzene rings is 2. The number of ether oxygens (including phenoxy) is 2. The van der Waals surface area contributed by atoms with E-state index in [0.717, 1.165) is 4.90 Å². The van der Waals surface area contributed by atoms with Crippen LogP contribution < -0.4 is 4.90 Å². The standard InChI is InChI=1S/C38H45N3O8/c1-18-22-13-12-14-25(41(34(45)47-36(3,4)5)35(46)48-37(6,7)8)23(22)16-20-15-21-17-24-29(40(10)11)31-27(19(2)39-49-31)32(43)38(24,9)33(44)28(21)30(42)26(18)20/h12-14,16,21,24,28-29H,15,17H2,1-11H3. The zero-order valence-electron chi connectivity index (χ0n) is 30.1. The Morgan fingerprint density at radius 2 is 1.55 bits per heavy atom. The fourth-order valence-corrected chi connectivity index (χ4v) is 8.26. The molecule has 11 heteroatoms. The van der Waals surface area contributed by atoms with Crippen LogP contribution in [0.5, 0.6) is 0 Å². The molecule has 0 spiro atoms. The lowest BCUT2D eigenvalue weighted by molar-refractivity contribution is -0.140. The van der Waals surface area contributed by atoms with E-state index >= 15 is 0 Å². The van der Waals surface area contributed by atoms with Crippen molar-refractivity contribution in [3.8, 4) is 0 Å². The van der Waals surface area contributed by atoms with Crippen molar-refractivity contribution in [3.63, 3.8) is 0 Å². The van der Waals surface area contributed by atoms with Crippen molar-refractivity contribution in [1.29, 1.82) is 0 Å². The molecule has 49 heavy (non-hydrogen) atoms. The summed E-state index contributed by atoms with van der Waals surface area (Å²) in [5.41, 5.74) is -0.394. The molecule has 0 N–H and O–H groups in total. The second-order valence-electron chi connectivity index (χ2n) is 16.2. The number of carbonyl (C=O) groups excluding carboxylic acids is 5. The minimum Gasteiger partial charge on any atom is -0.443 e. The molecule has 5 atom stereocenters. The maximum absolute atomic E-state index is 14.6. The molecular weight excluding hydrogens is 626 g/mol. The number of hydrogen-bond acceptors (Lipinski definition) is 10. The number of rotatable bonds is 2. The first-order valence-electron chi connectivity index (χ1n) is 16.7. The number of nitrogens with zero attached hydrogens (tertiary/aromatic N) is 3. The second-order valence-corrected chi connectivity index (χ2v) is 16.2. The third kappa shape index (κ3) is 5.37. The average molecular weight is 672 g/mol. The van der Waals surface area contributed by atoms with Crippen molar-refractivity contribution in [2.24, 2.45) is 23.2 Å². The third-order valence-corrected chi connectivity index (χ3v) is 10.3. The molecule has 3 aromatic rings. The Bertz CT molecular complexity index is 1920. The Morgan fingerprint density at radius 3 is 2.12 bits per heavy atom. The maximum Gasteiger partial charge on any atom is 0.424 e. The number of fused-ring (bicyclic) bond motifs is 5. The Labute approximate surface area is 286 Å². The summed E-state index contributed by atoms with van der Waals surface area (Å²) in [7, 11) is 3.77. The predicted molar refractivity (Wildman–Crippen MR) is 182 cm³/mol. The van der Waals surface area contributed by atoms with Gasteiger partial charge in [0.2, 0.25) is 0 Å². The summed E-state index contributed by atoms with van der Waals surface area (Å²) in [5, 5.41) is 5.29. The van der Waals surface area contributed by atoms with Crippen molar-refractivity contribution < 1.29 is 38.0 Å². The van der Waals surface area contributed by atoms with Crippen LogP contribution in [-0.4, -0.2) is 64.9 Å². The molecule has 1 saturated carbocycles. The van der Waals surface area contributed by atoms with E-state index in [2.05, 4.69) is 5.16 Å². The summed E-state index contributed by atoms with van der Waals surface area (Å²) in [6.45, 7) is 15.5. The molecule has 260 valence electrons. The lowest BCUT2D eigenvalue weighted by atomic mass is 9.49. The second kappa shape index (κ2) is 11.3. The molecule has 0 bridgehead atoms. The summed E-state index contributed by atoms with van der Waals surface area (Å²) < 4.78 is 17.0. The van der Waals surface area contributed by atoms with Crippen molar-refractivity contribution >= 4 is 46.0 Å². The van der Waals surface area contributed by atoms with Crippen molar-refractivity contribution in [3.05, 3.63) is 58.0 Å². The van der Waals surface area contributed by atoms with Gasteiger partial charge in [-0.3, -0.25) is 19.3 Å². The van der Waals surface area contributed by atoms with Gasteiger partial charge >= 0.3 is 12.2 Å². The first kappa shape index (κ1) is 34.5. The van der Waals surface area contributed by atoms with E-state index in [1.54, 1.807) is 67.5 Å². The monoisotopic (exact) mass is 671 g/mol. The minimum absolute atomic E-state index is 0.257. The van der Waals surface area contributed by atoms with E-state index in [0.29, 0.717) is 57.3 Å². The number of Topliss-reactive ketones (excluding diaryl/α,β-unsaturated/α-hetero) is 3. The third-order valence-electron chi connectivity index (χ3n) is 10.3. The van der Waals surface area contributed by atoms with Crippen LogP contribution in [0.25, 0.3) is 10.8 Å². The van der Waals surface area contributed by atoms with E-state index in [-0.39, 0.29) is 35.0 Å². The van der Waals surface area contributed by atoms with Crippen LogP contribution in [0.3, 0.4) is 0 Å². The summed E-state index contributed by atoms with van der Waals surface area (Å²) in [6, 6.07) is 6.62. The minimum atomic E-state index is -1.42. The Kier molecular flexibility index (Phi) is 7.97. The Morgan fingerprint density at radius 1 is 0.939 bits per heavy atom. The van der Waals surface area contributed by atoms with Crippen molar-refractivity contribution in [1.82, 2.24) is 10.1 Å². The van der Waals surface area contributed by atoms with Crippen molar-refractivity contribution in [2.45, 2.75) is 92.4 Å². The number of carbonyl (C=O) groups is 5. The number of imide groups is 1. The molecule has 0 saturated heterocycles. The molecule has 0 aliphatic heterocycles. The van der Waals surface area contributed by atoms with Crippen LogP contribution in [0.4, 0.5) is 15.3 Å². The highest BCUT2D eigenvalue weighted by Gasteiger charge is 2.65. The topological polar surface area (TPSA) is 136 Å². The lowest BCUT2D eigenvalue weighted by Crippen LogP contribution is -2.60. The van der Waals surface area contributed by atoms with Gasteiger partial charge in [-0.2, -0.15) is 4.90 Å². The molecule has 11 nitrogen and oxygen atoms in total. The number of ketones is 3. The zero-order valence-corrected chi connectivity index (χ0v) is 30.1. The first-order chi connectivity index (χ1) is 22.7. The van der Waals surface area contributed by atoms with Crippen molar-refractivity contribution in [2.75, 3.05) is 19.0 Å². The summed E-state index contributed by atoms with van der Waals surface area (Å²) >= 11 is 0. The van der Waals surface area contributed by atoms with Gasteiger partial charge in [-0.05, 0) is 124 Å². The number of amides is 2. The SMILES string of the molecule is Cc1noc2c1C(=O)C1(C)C(=O)C3C(=O)c4c(cc5c(N(C(=O)OC(C)(C)C)C(=O)OC(C)(C)C)cccc5c4C)CC3CC1C2N(C)C. The molecule has 3 aliphatic carbocycles. The smallest absolute Gasteiger partial charge is 0.424 e. The highest BCUT2D eigenvalue weighted by atomic mass is 16.6. The predicted octanol–water partition coefficient (Wildman–Crippen LogP) is 7.19. The largest absolute Gasteiger partial charge is 0.443 e. The van der Waals surface area contributed by atoms with Gasteiger partial charge in [0.25, 0.3) is 0 Å². The van der Waals surface area contributed by atoms with Crippen LogP contribution in [0.15, 0.2) is 28.8 Å². The maximum atomic E-state index is 14.6. The summed E-state index contributed by atoms with van der Waals surface area (Å²) in [4.78, 5) is 73.4. The molecule has 2 aromatic carbocycles.